The lowest BCUT2D eigenvalue weighted by Crippen LogP contribution is -2.38. The number of fused-ring (bicyclic) bond motifs is 1. The van der Waals surface area contributed by atoms with Crippen LogP contribution < -0.4 is 15.4 Å². The first kappa shape index (κ1) is 23.3. The Labute approximate surface area is 208 Å². The summed E-state index contributed by atoms with van der Waals surface area (Å²) in [6.45, 7) is 6.33. The molecule has 0 radical (unpaired) electrons. The minimum Gasteiger partial charge on any atom is -0.492 e. The fourth-order valence-corrected chi connectivity index (χ4v) is 4.96. The molecule has 2 amide bonds. The average Bonchev–Trinajstić information content (AvgIpc) is 3.48. The minimum absolute atomic E-state index is 0.154. The van der Waals surface area contributed by atoms with E-state index in [0.29, 0.717) is 23.6 Å². The summed E-state index contributed by atoms with van der Waals surface area (Å²) in [7, 11) is 0. The van der Waals surface area contributed by atoms with Gasteiger partial charge in [0.15, 0.2) is 0 Å². The smallest absolute Gasteiger partial charge is 0.256 e. The van der Waals surface area contributed by atoms with E-state index in [-0.39, 0.29) is 11.8 Å². The third-order valence-electron chi connectivity index (χ3n) is 6.04. The Hall–Kier alpha value is -3.46. The molecule has 0 atom stereocenters. The Morgan fingerprint density at radius 3 is 2.80 bits per heavy atom. The molecule has 0 bridgehead atoms. The summed E-state index contributed by atoms with van der Waals surface area (Å²) in [5, 5.41) is 9.79. The highest BCUT2D eigenvalue weighted by Crippen LogP contribution is 2.37. The van der Waals surface area contributed by atoms with Gasteiger partial charge in [-0.05, 0) is 58.3 Å². The summed E-state index contributed by atoms with van der Waals surface area (Å²) in [6, 6.07) is 13.5. The molecule has 0 aliphatic carbocycles. The predicted molar refractivity (Wildman–Crippen MR) is 140 cm³/mol. The quantitative estimate of drug-likeness (QED) is 0.475. The van der Waals surface area contributed by atoms with Crippen LogP contribution in [0.4, 0.5) is 11.4 Å². The third kappa shape index (κ3) is 5.45. The maximum Gasteiger partial charge on any atom is 0.256 e. The summed E-state index contributed by atoms with van der Waals surface area (Å²) < 4.78 is 11.6. The highest BCUT2D eigenvalue weighted by molar-refractivity contribution is 7.08. The number of carbonyl (C=O) groups is 2. The molecule has 180 valence electrons. The van der Waals surface area contributed by atoms with Crippen molar-refractivity contribution >= 4 is 46.2 Å². The SMILES string of the molecule is CC(=O)Nc1ccc2c(c1)NC(=O)/C2=C/c1ccc(OCCN2CCOCC2)c(-c2ccsc2)c1. The second kappa shape index (κ2) is 10.4. The number of nitrogens with one attached hydrogen (secondary N) is 2. The van der Waals surface area contributed by atoms with E-state index < -0.39 is 0 Å². The van der Waals surface area contributed by atoms with Crippen LogP contribution in [0.25, 0.3) is 22.8 Å². The summed E-state index contributed by atoms with van der Waals surface area (Å²) in [5.74, 6) is 0.510. The van der Waals surface area contributed by atoms with Crippen molar-refractivity contribution in [1.29, 1.82) is 0 Å². The van der Waals surface area contributed by atoms with Gasteiger partial charge in [0.05, 0.1) is 18.9 Å². The number of benzene rings is 2. The van der Waals surface area contributed by atoms with Crippen LogP contribution >= 0.6 is 11.3 Å². The van der Waals surface area contributed by atoms with Crippen molar-refractivity contribution in [2.75, 3.05) is 50.1 Å². The largest absolute Gasteiger partial charge is 0.492 e. The van der Waals surface area contributed by atoms with Gasteiger partial charge in [-0.1, -0.05) is 12.1 Å². The molecule has 1 fully saturated rings. The fourth-order valence-electron chi connectivity index (χ4n) is 4.30. The standard InChI is InChI=1S/C27H27N3O4S/c1-18(31)28-21-3-4-22-24(27(32)29-25(22)16-21)15-19-2-5-26(23(14-19)20-6-13-35-17-20)34-12-9-30-7-10-33-11-8-30/h2-6,13-17H,7-12H2,1H3,(H,28,31)(H,29,32)/b24-15+. The zero-order chi connectivity index (χ0) is 24.2. The van der Waals surface area contributed by atoms with Crippen LogP contribution in [0.1, 0.15) is 18.1 Å². The number of carbonyl (C=O) groups excluding carboxylic acids is 2. The van der Waals surface area contributed by atoms with E-state index in [2.05, 4.69) is 33.0 Å². The number of thiophene rings is 1. The van der Waals surface area contributed by atoms with Gasteiger partial charge in [0.2, 0.25) is 5.91 Å². The first-order chi connectivity index (χ1) is 17.1. The Balaban J connectivity index is 1.39. The van der Waals surface area contributed by atoms with Crippen LogP contribution in [0.15, 0.2) is 53.2 Å². The third-order valence-corrected chi connectivity index (χ3v) is 6.72. The predicted octanol–water partition coefficient (Wildman–Crippen LogP) is 4.58. The molecule has 1 aromatic heterocycles. The van der Waals surface area contributed by atoms with Crippen LogP contribution in [0.3, 0.4) is 0 Å². The van der Waals surface area contributed by atoms with Gasteiger partial charge >= 0.3 is 0 Å². The van der Waals surface area contributed by atoms with Gasteiger partial charge in [0.1, 0.15) is 12.4 Å². The summed E-state index contributed by atoms with van der Waals surface area (Å²) in [4.78, 5) is 26.4. The Morgan fingerprint density at radius 1 is 1.17 bits per heavy atom. The fraction of sp³-hybridized carbons (Fsp3) is 0.259. The monoisotopic (exact) mass is 489 g/mol. The molecule has 2 aliphatic rings. The van der Waals surface area contributed by atoms with Crippen molar-refractivity contribution in [3.05, 3.63) is 64.4 Å². The lowest BCUT2D eigenvalue weighted by atomic mass is 10.00. The summed E-state index contributed by atoms with van der Waals surface area (Å²) in [6.07, 6.45) is 1.90. The first-order valence-electron chi connectivity index (χ1n) is 11.6. The van der Waals surface area contributed by atoms with Gasteiger partial charge in [-0.15, -0.1) is 0 Å². The Kier molecular flexibility index (Phi) is 6.94. The molecule has 3 heterocycles. The lowest BCUT2D eigenvalue weighted by molar-refractivity contribution is -0.114. The summed E-state index contributed by atoms with van der Waals surface area (Å²) in [5.41, 5.74) is 5.74. The van der Waals surface area contributed by atoms with E-state index in [1.54, 1.807) is 23.5 Å². The highest BCUT2D eigenvalue weighted by atomic mass is 32.1. The van der Waals surface area contributed by atoms with Crippen LogP contribution in [-0.4, -0.2) is 56.2 Å². The zero-order valence-corrected chi connectivity index (χ0v) is 20.3. The number of morpholine rings is 1. The van der Waals surface area contributed by atoms with E-state index in [9.17, 15) is 9.59 Å². The Morgan fingerprint density at radius 2 is 2.03 bits per heavy atom. The van der Waals surface area contributed by atoms with Crippen LogP contribution in [0, 0.1) is 0 Å². The first-order valence-corrected chi connectivity index (χ1v) is 12.6. The van der Waals surface area contributed by atoms with Crippen LogP contribution in [0.2, 0.25) is 0 Å². The van der Waals surface area contributed by atoms with Crippen molar-refractivity contribution < 1.29 is 19.1 Å². The maximum atomic E-state index is 12.7. The molecule has 3 aromatic rings. The molecule has 2 aliphatic heterocycles. The van der Waals surface area contributed by atoms with E-state index in [0.717, 1.165) is 60.9 Å². The summed E-state index contributed by atoms with van der Waals surface area (Å²) >= 11 is 1.64. The van der Waals surface area contributed by atoms with Gasteiger partial charge in [0.25, 0.3) is 5.91 Å². The molecule has 2 aromatic carbocycles. The minimum atomic E-state index is -0.164. The molecule has 5 rings (SSSR count). The van der Waals surface area contributed by atoms with Gasteiger partial charge in [-0.25, -0.2) is 0 Å². The number of rotatable bonds is 7. The van der Waals surface area contributed by atoms with Crippen LogP contribution in [-0.2, 0) is 14.3 Å². The van der Waals surface area contributed by atoms with E-state index >= 15 is 0 Å². The van der Waals surface area contributed by atoms with Crippen molar-refractivity contribution in [2.45, 2.75) is 6.92 Å². The molecule has 8 heteroatoms. The number of anilines is 2. The molecule has 0 saturated carbocycles. The highest BCUT2D eigenvalue weighted by Gasteiger charge is 2.24. The van der Waals surface area contributed by atoms with Gasteiger partial charge < -0.3 is 20.1 Å². The second-order valence-electron chi connectivity index (χ2n) is 8.52. The van der Waals surface area contributed by atoms with Crippen molar-refractivity contribution in [2.24, 2.45) is 0 Å². The number of hydrogen-bond donors (Lipinski definition) is 2. The lowest BCUT2D eigenvalue weighted by Gasteiger charge is -2.26. The van der Waals surface area contributed by atoms with Gasteiger partial charge in [-0.2, -0.15) is 11.3 Å². The van der Waals surface area contributed by atoms with Gasteiger partial charge in [0, 0.05) is 48.9 Å². The average molecular weight is 490 g/mol. The molecule has 1 saturated heterocycles. The van der Waals surface area contributed by atoms with Crippen LogP contribution in [0.5, 0.6) is 5.75 Å². The van der Waals surface area contributed by atoms with E-state index in [1.807, 2.05) is 29.7 Å². The molecule has 0 unspecified atom stereocenters. The molecule has 2 N–H and O–H groups in total. The molecule has 0 spiro atoms. The molecule has 35 heavy (non-hydrogen) atoms. The number of amides is 2. The van der Waals surface area contributed by atoms with Crippen molar-refractivity contribution in [3.63, 3.8) is 0 Å². The number of nitrogens with zero attached hydrogens (tertiary/aromatic N) is 1. The molecule has 7 nitrogen and oxygen atoms in total. The van der Waals surface area contributed by atoms with Crippen molar-refractivity contribution in [1.82, 2.24) is 4.90 Å². The second-order valence-corrected chi connectivity index (χ2v) is 9.30. The molecular weight excluding hydrogens is 462 g/mol. The Bertz CT molecular complexity index is 1260. The van der Waals surface area contributed by atoms with E-state index in [1.165, 1.54) is 6.92 Å². The number of ether oxygens (including phenoxy) is 2. The van der Waals surface area contributed by atoms with Gasteiger partial charge in [-0.3, -0.25) is 14.5 Å². The molecular formula is C27H27N3O4S. The number of hydrogen-bond acceptors (Lipinski definition) is 6. The van der Waals surface area contributed by atoms with E-state index in [4.69, 9.17) is 9.47 Å². The zero-order valence-electron chi connectivity index (χ0n) is 19.5. The van der Waals surface area contributed by atoms with Crippen molar-refractivity contribution in [3.8, 4) is 16.9 Å². The maximum absolute atomic E-state index is 12.7. The topological polar surface area (TPSA) is 79.9 Å². The normalized spacial score (nSPS) is 16.7.